The number of pyridine rings is 1. The van der Waals surface area contributed by atoms with Crippen LogP contribution in [0.3, 0.4) is 0 Å². The third kappa shape index (κ3) is 3.01. The average molecular weight is 350 g/mol. The molecule has 0 bridgehead atoms. The van der Waals surface area contributed by atoms with Crippen molar-refractivity contribution >= 4 is 38.4 Å². The Morgan fingerprint density at radius 2 is 2.14 bits per heavy atom. The van der Waals surface area contributed by atoms with Crippen molar-refractivity contribution in [3.63, 3.8) is 0 Å². The van der Waals surface area contributed by atoms with Crippen molar-refractivity contribution in [3.8, 4) is 0 Å². The van der Waals surface area contributed by atoms with Gasteiger partial charge in [-0.15, -0.1) is 0 Å². The lowest BCUT2D eigenvalue weighted by Crippen LogP contribution is -2.29. The van der Waals surface area contributed by atoms with Crippen molar-refractivity contribution in [2.24, 2.45) is 5.73 Å². The van der Waals surface area contributed by atoms with E-state index in [1.807, 2.05) is 18.2 Å². The van der Waals surface area contributed by atoms with Crippen LogP contribution in [-0.2, 0) is 4.74 Å². The first-order chi connectivity index (χ1) is 10.1. The highest BCUT2D eigenvalue weighted by atomic mass is 79.9. The van der Waals surface area contributed by atoms with Gasteiger partial charge in [-0.2, -0.15) is 0 Å². The van der Waals surface area contributed by atoms with E-state index in [2.05, 4.69) is 26.2 Å². The number of anilines is 1. The van der Waals surface area contributed by atoms with Gasteiger partial charge in [-0.05, 0) is 31.0 Å². The lowest BCUT2D eigenvalue weighted by molar-refractivity contribution is 0.0904. The van der Waals surface area contributed by atoms with Crippen LogP contribution in [-0.4, -0.2) is 30.1 Å². The molecule has 1 aliphatic heterocycles. The summed E-state index contributed by atoms with van der Waals surface area (Å²) in [7, 11) is 0. The Morgan fingerprint density at radius 1 is 1.38 bits per heavy atom. The van der Waals surface area contributed by atoms with Gasteiger partial charge in [-0.25, -0.2) is 0 Å². The fourth-order valence-corrected chi connectivity index (χ4v) is 2.91. The van der Waals surface area contributed by atoms with E-state index in [1.165, 1.54) is 0 Å². The highest BCUT2D eigenvalue weighted by molar-refractivity contribution is 9.10. The maximum atomic E-state index is 11.7. The number of carbonyl (C=O) groups excluding carboxylic acids is 1. The van der Waals surface area contributed by atoms with E-state index in [0.29, 0.717) is 5.56 Å². The zero-order valence-electron chi connectivity index (χ0n) is 11.4. The molecule has 5 nitrogen and oxygen atoms in total. The number of benzene rings is 1. The Balaban J connectivity index is 2.08. The second kappa shape index (κ2) is 5.99. The number of aromatic nitrogens is 1. The molecule has 1 fully saturated rings. The normalized spacial score (nSPS) is 16.0. The molecule has 1 aromatic heterocycles. The summed E-state index contributed by atoms with van der Waals surface area (Å²) in [5.74, 6) is -0.473. The number of rotatable bonds is 3. The molecule has 1 aromatic carbocycles. The molecule has 3 rings (SSSR count). The van der Waals surface area contributed by atoms with Crippen LogP contribution < -0.4 is 11.1 Å². The van der Waals surface area contributed by atoms with Crippen LogP contribution in [0, 0.1) is 0 Å². The van der Waals surface area contributed by atoms with E-state index >= 15 is 0 Å². The highest BCUT2D eigenvalue weighted by Gasteiger charge is 2.19. The summed E-state index contributed by atoms with van der Waals surface area (Å²) in [6.45, 7) is 1.46. The summed E-state index contributed by atoms with van der Waals surface area (Å²) in [5.41, 5.74) is 7.51. The third-order valence-electron chi connectivity index (χ3n) is 3.67. The summed E-state index contributed by atoms with van der Waals surface area (Å²) >= 11 is 3.46. The molecule has 21 heavy (non-hydrogen) atoms. The van der Waals surface area contributed by atoms with Gasteiger partial charge < -0.3 is 15.8 Å². The minimum Gasteiger partial charge on any atom is -0.381 e. The number of nitrogens with two attached hydrogens (primary N) is 1. The molecular formula is C15H16BrN3O2. The van der Waals surface area contributed by atoms with Crippen molar-refractivity contribution in [1.82, 2.24) is 4.98 Å². The molecule has 1 saturated heterocycles. The minimum absolute atomic E-state index is 0.279. The maximum Gasteiger partial charge on any atom is 0.252 e. The first-order valence-corrected chi connectivity index (χ1v) is 7.67. The topological polar surface area (TPSA) is 77.2 Å². The van der Waals surface area contributed by atoms with Crippen LogP contribution in [0.5, 0.6) is 0 Å². The molecule has 1 aliphatic rings. The molecule has 0 unspecified atom stereocenters. The van der Waals surface area contributed by atoms with Crippen molar-refractivity contribution in [3.05, 3.63) is 34.4 Å². The third-order valence-corrected chi connectivity index (χ3v) is 4.16. The molecule has 2 aromatic rings. The van der Waals surface area contributed by atoms with Crippen LogP contribution in [0.4, 0.5) is 5.69 Å². The first kappa shape index (κ1) is 14.3. The van der Waals surface area contributed by atoms with Crippen LogP contribution in [0.1, 0.15) is 23.2 Å². The van der Waals surface area contributed by atoms with Crippen molar-refractivity contribution in [2.45, 2.75) is 18.9 Å². The summed E-state index contributed by atoms with van der Waals surface area (Å²) in [6.07, 6.45) is 3.37. The van der Waals surface area contributed by atoms with E-state index in [9.17, 15) is 4.79 Å². The minimum atomic E-state index is -0.473. The predicted molar refractivity (Wildman–Crippen MR) is 85.4 cm³/mol. The lowest BCUT2D eigenvalue weighted by atomic mass is 10.0. The Kier molecular flexibility index (Phi) is 4.07. The largest absolute Gasteiger partial charge is 0.381 e. The molecule has 0 saturated carbocycles. The number of nitrogens with zero attached hydrogens (tertiary/aromatic N) is 1. The standard InChI is InChI=1S/C15H16BrN3O2/c16-9-1-2-13-11(7-9)14(12(8-18-13)15(17)20)19-10-3-5-21-6-4-10/h1-2,7-8,10H,3-6H2,(H2,17,20)(H,18,19). The monoisotopic (exact) mass is 349 g/mol. The van der Waals surface area contributed by atoms with Crippen molar-refractivity contribution < 1.29 is 9.53 Å². The molecule has 0 aliphatic carbocycles. The predicted octanol–water partition coefficient (Wildman–Crippen LogP) is 2.69. The Hall–Kier alpha value is -1.66. The molecule has 2 heterocycles. The zero-order valence-corrected chi connectivity index (χ0v) is 13.0. The van der Waals surface area contributed by atoms with Gasteiger partial charge in [0, 0.05) is 35.3 Å². The number of nitrogens with one attached hydrogen (secondary N) is 1. The van der Waals surface area contributed by atoms with E-state index in [1.54, 1.807) is 6.20 Å². The number of carbonyl (C=O) groups is 1. The SMILES string of the molecule is NC(=O)c1cnc2ccc(Br)cc2c1NC1CCOCC1. The second-order valence-corrected chi connectivity index (χ2v) is 6.02. The molecule has 1 amide bonds. The second-order valence-electron chi connectivity index (χ2n) is 5.10. The quantitative estimate of drug-likeness (QED) is 0.892. The van der Waals surface area contributed by atoms with Gasteiger partial charge in [-0.1, -0.05) is 15.9 Å². The number of amides is 1. The molecule has 0 atom stereocenters. The van der Waals surface area contributed by atoms with E-state index in [4.69, 9.17) is 10.5 Å². The van der Waals surface area contributed by atoms with Crippen LogP contribution in [0.25, 0.3) is 10.9 Å². The van der Waals surface area contributed by atoms with Gasteiger partial charge in [0.1, 0.15) is 0 Å². The van der Waals surface area contributed by atoms with Crippen molar-refractivity contribution in [2.75, 3.05) is 18.5 Å². The Bertz CT molecular complexity index is 684. The highest BCUT2D eigenvalue weighted by Crippen LogP contribution is 2.30. The fourth-order valence-electron chi connectivity index (χ4n) is 2.55. The Labute approximate surface area is 131 Å². The van der Waals surface area contributed by atoms with Gasteiger partial charge >= 0.3 is 0 Å². The zero-order chi connectivity index (χ0) is 14.8. The van der Waals surface area contributed by atoms with Gasteiger partial charge in [0.05, 0.1) is 16.8 Å². The number of fused-ring (bicyclic) bond motifs is 1. The Morgan fingerprint density at radius 3 is 2.86 bits per heavy atom. The van der Waals surface area contributed by atoms with Crippen LogP contribution >= 0.6 is 15.9 Å². The molecule has 110 valence electrons. The lowest BCUT2D eigenvalue weighted by Gasteiger charge is -2.25. The molecule has 6 heteroatoms. The average Bonchev–Trinajstić information content (AvgIpc) is 2.48. The van der Waals surface area contributed by atoms with E-state index in [0.717, 1.165) is 47.1 Å². The first-order valence-electron chi connectivity index (χ1n) is 6.87. The molecule has 0 radical (unpaired) electrons. The molecule has 3 N–H and O–H groups in total. The van der Waals surface area contributed by atoms with Crippen LogP contribution in [0.15, 0.2) is 28.9 Å². The summed E-state index contributed by atoms with van der Waals surface area (Å²) in [4.78, 5) is 16.0. The number of ether oxygens (including phenoxy) is 1. The smallest absolute Gasteiger partial charge is 0.252 e. The number of hydrogen-bond acceptors (Lipinski definition) is 4. The number of hydrogen-bond donors (Lipinski definition) is 2. The summed E-state index contributed by atoms with van der Waals surface area (Å²) in [6, 6.07) is 6.08. The number of primary amides is 1. The summed E-state index contributed by atoms with van der Waals surface area (Å²) < 4.78 is 6.31. The molecule has 0 spiro atoms. The molecular weight excluding hydrogens is 334 g/mol. The van der Waals surface area contributed by atoms with Gasteiger partial charge in [0.2, 0.25) is 0 Å². The van der Waals surface area contributed by atoms with Crippen molar-refractivity contribution in [1.29, 1.82) is 0 Å². The van der Waals surface area contributed by atoms with Gasteiger partial charge in [0.15, 0.2) is 0 Å². The van der Waals surface area contributed by atoms with E-state index in [-0.39, 0.29) is 6.04 Å². The fraction of sp³-hybridized carbons (Fsp3) is 0.333. The summed E-state index contributed by atoms with van der Waals surface area (Å²) in [5, 5.41) is 4.35. The maximum absolute atomic E-state index is 11.7. The van der Waals surface area contributed by atoms with Gasteiger partial charge in [-0.3, -0.25) is 9.78 Å². The van der Waals surface area contributed by atoms with Gasteiger partial charge in [0.25, 0.3) is 5.91 Å². The number of halogens is 1. The van der Waals surface area contributed by atoms with Crippen LogP contribution in [0.2, 0.25) is 0 Å². The van der Waals surface area contributed by atoms with E-state index < -0.39 is 5.91 Å².